The molecular formula is C26H27NO4S. The highest BCUT2D eigenvalue weighted by Crippen LogP contribution is 2.38. The molecule has 1 aromatic heterocycles. The second kappa shape index (κ2) is 10.5. The SMILES string of the molecule is CCOC(=O)c1c(-c2ccc3c(c2)CCCC3)csc1NC(=O)CCOc1ccccc1. The molecule has 1 N–H and O–H groups in total. The molecule has 0 fully saturated rings. The first-order valence-electron chi connectivity index (χ1n) is 11.0. The first kappa shape index (κ1) is 22.1. The average Bonchev–Trinajstić information content (AvgIpc) is 3.23. The van der Waals surface area contributed by atoms with Crippen LogP contribution >= 0.6 is 11.3 Å². The zero-order valence-corrected chi connectivity index (χ0v) is 19.0. The van der Waals surface area contributed by atoms with E-state index in [9.17, 15) is 9.59 Å². The molecule has 2 aromatic carbocycles. The summed E-state index contributed by atoms with van der Waals surface area (Å²) in [4.78, 5) is 25.3. The van der Waals surface area contributed by atoms with Gasteiger partial charge in [-0.3, -0.25) is 4.79 Å². The number of amides is 1. The van der Waals surface area contributed by atoms with E-state index in [0.717, 1.165) is 29.7 Å². The normalized spacial score (nSPS) is 12.7. The van der Waals surface area contributed by atoms with Crippen molar-refractivity contribution in [2.45, 2.75) is 39.0 Å². The molecule has 0 bridgehead atoms. The van der Waals surface area contributed by atoms with E-state index in [-0.39, 0.29) is 25.5 Å². The number of rotatable bonds is 8. The minimum atomic E-state index is -0.419. The molecule has 0 saturated carbocycles. The molecule has 0 atom stereocenters. The van der Waals surface area contributed by atoms with Crippen molar-refractivity contribution in [1.29, 1.82) is 0 Å². The van der Waals surface area contributed by atoms with E-state index < -0.39 is 5.97 Å². The molecule has 0 aliphatic heterocycles. The Labute approximate surface area is 192 Å². The van der Waals surface area contributed by atoms with Crippen molar-refractivity contribution >= 4 is 28.2 Å². The highest BCUT2D eigenvalue weighted by Gasteiger charge is 2.23. The van der Waals surface area contributed by atoms with E-state index in [1.54, 1.807) is 6.92 Å². The third kappa shape index (κ3) is 5.19. The molecular weight excluding hydrogens is 422 g/mol. The lowest BCUT2D eigenvalue weighted by atomic mass is 9.89. The smallest absolute Gasteiger partial charge is 0.341 e. The van der Waals surface area contributed by atoms with Crippen LogP contribution in [0.1, 0.15) is 47.7 Å². The van der Waals surface area contributed by atoms with Crippen molar-refractivity contribution in [2.75, 3.05) is 18.5 Å². The standard InChI is InChI=1S/C26H27NO4S/c1-2-30-26(29)24-22(20-13-12-18-8-6-7-9-19(18)16-20)17-32-25(24)27-23(28)14-15-31-21-10-4-3-5-11-21/h3-5,10-13,16-17H,2,6-9,14-15H2,1H3,(H,27,28). The second-order valence-electron chi connectivity index (χ2n) is 7.72. The Morgan fingerprint density at radius 3 is 2.59 bits per heavy atom. The molecule has 6 heteroatoms. The maximum atomic E-state index is 12.8. The van der Waals surface area contributed by atoms with Crippen LogP contribution in [0.15, 0.2) is 53.9 Å². The molecule has 1 aliphatic carbocycles. The van der Waals surface area contributed by atoms with E-state index in [2.05, 4.69) is 23.5 Å². The number of benzene rings is 2. The van der Waals surface area contributed by atoms with Gasteiger partial charge in [0.25, 0.3) is 0 Å². The van der Waals surface area contributed by atoms with Crippen LogP contribution in [0.3, 0.4) is 0 Å². The van der Waals surface area contributed by atoms with Gasteiger partial charge in [0.2, 0.25) is 5.91 Å². The molecule has 1 aliphatic rings. The summed E-state index contributed by atoms with van der Waals surface area (Å²) in [6.45, 7) is 2.31. The van der Waals surface area contributed by atoms with Gasteiger partial charge in [-0.1, -0.05) is 36.4 Å². The summed E-state index contributed by atoms with van der Waals surface area (Å²) in [7, 11) is 0. The number of thiophene rings is 1. The Balaban J connectivity index is 1.51. The quantitative estimate of drug-likeness (QED) is 0.436. The zero-order chi connectivity index (χ0) is 22.3. The van der Waals surface area contributed by atoms with Crippen molar-refractivity contribution in [3.05, 3.63) is 70.6 Å². The number of esters is 1. The second-order valence-corrected chi connectivity index (χ2v) is 8.60. The Morgan fingerprint density at radius 2 is 1.81 bits per heavy atom. The number of hydrogen-bond acceptors (Lipinski definition) is 5. The van der Waals surface area contributed by atoms with Crippen LogP contribution in [0.4, 0.5) is 5.00 Å². The monoisotopic (exact) mass is 449 g/mol. The van der Waals surface area contributed by atoms with Crippen molar-refractivity contribution in [2.24, 2.45) is 0 Å². The molecule has 166 valence electrons. The van der Waals surface area contributed by atoms with Gasteiger partial charge < -0.3 is 14.8 Å². The van der Waals surface area contributed by atoms with Gasteiger partial charge in [-0.2, -0.15) is 0 Å². The molecule has 0 radical (unpaired) electrons. The summed E-state index contributed by atoms with van der Waals surface area (Å²) in [5, 5.41) is 5.33. The van der Waals surface area contributed by atoms with Crippen molar-refractivity contribution in [1.82, 2.24) is 0 Å². The van der Waals surface area contributed by atoms with E-state index in [4.69, 9.17) is 9.47 Å². The van der Waals surface area contributed by atoms with Crippen LogP contribution in [-0.4, -0.2) is 25.1 Å². The van der Waals surface area contributed by atoms with Gasteiger partial charge >= 0.3 is 5.97 Å². The van der Waals surface area contributed by atoms with Crippen LogP contribution in [0.5, 0.6) is 5.75 Å². The largest absolute Gasteiger partial charge is 0.493 e. The maximum Gasteiger partial charge on any atom is 0.341 e. The Hall–Kier alpha value is -3.12. The van der Waals surface area contributed by atoms with E-state index in [1.807, 2.05) is 35.7 Å². The molecule has 1 heterocycles. The van der Waals surface area contributed by atoms with E-state index in [1.165, 1.54) is 35.3 Å². The van der Waals surface area contributed by atoms with Crippen LogP contribution in [0.25, 0.3) is 11.1 Å². The fourth-order valence-electron chi connectivity index (χ4n) is 3.94. The highest BCUT2D eigenvalue weighted by atomic mass is 32.1. The summed E-state index contributed by atoms with van der Waals surface area (Å²) in [6.07, 6.45) is 4.77. The predicted octanol–water partition coefficient (Wildman–Crippen LogP) is 5.88. The lowest BCUT2D eigenvalue weighted by Gasteiger charge is -2.17. The van der Waals surface area contributed by atoms with Gasteiger partial charge in [0.05, 0.1) is 19.6 Å². The Kier molecular flexibility index (Phi) is 7.22. The van der Waals surface area contributed by atoms with Gasteiger partial charge in [-0.25, -0.2) is 4.79 Å². The van der Waals surface area contributed by atoms with Gasteiger partial charge in [-0.15, -0.1) is 11.3 Å². The molecule has 0 spiro atoms. The lowest BCUT2D eigenvalue weighted by molar-refractivity contribution is -0.116. The first-order valence-corrected chi connectivity index (χ1v) is 11.9. The van der Waals surface area contributed by atoms with Crippen LogP contribution in [0, 0.1) is 0 Å². The fourth-order valence-corrected chi connectivity index (χ4v) is 4.91. The van der Waals surface area contributed by atoms with E-state index >= 15 is 0 Å². The van der Waals surface area contributed by atoms with Crippen molar-refractivity contribution in [3.8, 4) is 16.9 Å². The number of ether oxygens (including phenoxy) is 2. The number of carbonyl (C=O) groups excluding carboxylic acids is 2. The Bertz CT molecular complexity index is 1090. The highest BCUT2D eigenvalue weighted by molar-refractivity contribution is 7.15. The summed E-state index contributed by atoms with van der Waals surface area (Å²) in [5.74, 6) is 0.0981. The van der Waals surface area contributed by atoms with Crippen LogP contribution in [0.2, 0.25) is 0 Å². The fraction of sp³-hybridized carbons (Fsp3) is 0.308. The average molecular weight is 450 g/mol. The zero-order valence-electron chi connectivity index (χ0n) is 18.2. The van der Waals surface area contributed by atoms with E-state index in [0.29, 0.717) is 10.6 Å². The molecule has 1 amide bonds. The predicted molar refractivity (Wildman–Crippen MR) is 128 cm³/mol. The molecule has 32 heavy (non-hydrogen) atoms. The van der Waals surface area contributed by atoms with Crippen molar-refractivity contribution < 1.29 is 19.1 Å². The number of nitrogens with one attached hydrogen (secondary N) is 1. The summed E-state index contributed by atoms with van der Waals surface area (Å²) >= 11 is 1.35. The van der Waals surface area contributed by atoms with Crippen LogP contribution < -0.4 is 10.1 Å². The molecule has 3 aromatic rings. The lowest BCUT2D eigenvalue weighted by Crippen LogP contribution is -2.17. The van der Waals surface area contributed by atoms with Gasteiger partial charge in [0, 0.05) is 10.9 Å². The minimum Gasteiger partial charge on any atom is -0.493 e. The number of hydrogen-bond donors (Lipinski definition) is 1. The number of aryl methyl sites for hydroxylation is 2. The summed E-state index contributed by atoms with van der Waals surface area (Å²) < 4.78 is 10.9. The molecule has 0 unspecified atom stereocenters. The maximum absolute atomic E-state index is 12.8. The number of anilines is 1. The molecule has 5 nitrogen and oxygen atoms in total. The van der Waals surface area contributed by atoms with Gasteiger partial charge in [0.15, 0.2) is 0 Å². The summed E-state index contributed by atoms with van der Waals surface area (Å²) in [5.41, 5.74) is 4.94. The number of carbonyl (C=O) groups is 2. The molecule has 4 rings (SSSR count). The number of fused-ring (bicyclic) bond motifs is 1. The Morgan fingerprint density at radius 1 is 1.03 bits per heavy atom. The third-order valence-corrected chi connectivity index (χ3v) is 6.42. The van der Waals surface area contributed by atoms with Crippen molar-refractivity contribution in [3.63, 3.8) is 0 Å². The third-order valence-electron chi connectivity index (χ3n) is 5.52. The topological polar surface area (TPSA) is 64.6 Å². The summed E-state index contributed by atoms with van der Waals surface area (Å²) in [6, 6.07) is 15.8. The first-order chi connectivity index (χ1) is 15.7. The number of para-hydroxylation sites is 1. The van der Waals surface area contributed by atoms with Gasteiger partial charge in [0.1, 0.15) is 16.3 Å². The molecule has 0 saturated heterocycles. The van der Waals surface area contributed by atoms with Crippen LogP contribution in [-0.2, 0) is 22.4 Å². The van der Waals surface area contributed by atoms with Gasteiger partial charge in [-0.05, 0) is 61.4 Å². The minimum absolute atomic E-state index is 0.184.